The summed E-state index contributed by atoms with van der Waals surface area (Å²) in [6.07, 6.45) is 0. The molecule has 2 heterocycles. The monoisotopic (exact) mass is 764 g/mol. The summed E-state index contributed by atoms with van der Waals surface area (Å²) in [5.41, 5.74) is 10.5. The predicted octanol–water partition coefficient (Wildman–Crippen LogP) is 15.1. The Balaban J connectivity index is 1.03. The Bertz CT molecular complexity index is 3190. The zero-order valence-corrected chi connectivity index (χ0v) is 33.6. The number of rotatable bonds is 7. The Kier molecular flexibility index (Phi) is 7.82. The second kappa shape index (κ2) is 13.3. The molecular weight excluding hydrogens is 725 g/mol. The summed E-state index contributed by atoms with van der Waals surface area (Å²) in [6.45, 7) is 7.17. The van der Waals surface area contributed by atoms with Gasteiger partial charge in [-0.1, -0.05) is 110 Å². The average Bonchev–Trinajstić information content (AvgIpc) is 3.63. The van der Waals surface area contributed by atoms with E-state index in [1.165, 1.54) is 21.5 Å². The van der Waals surface area contributed by atoms with Crippen LogP contribution in [0, 0.1) is 0 Å². The minimum atomic E-state index is -1.44. The molecule has 11 rings (SSSR count). The lowest BCUT2D eigenvalue weighted by atomic mass is 9.90. The summed E-state index contributed by atoms with van der Waals surface area (Å²) < 4.78 is 13.2. The summed E-state index contributed by atoms with van der Waals surface area (Å²) in [5, 5.41) is 8.32. The van der Waals surface area contributed by atoms with E-state index in [9.17, 15) is 0 Å². The third kappa shape index (κ3) is 5.66. The predicted molar refractivity (Wildman–Crippen MR) is 247 cm³/mol. The van der Waals surface area contributed by atoms with E-state index in [0.717, 1.165) is 83.9 Å². The van der Waals surface area contributed by atoms with Gasteiger partial charge in [-0.25, -0.2) is 0 Å². The SMILES string of the molecule is C[Si](C)(C)c1ccc(N(c2ccccc2)c2ccc3c(c2)Oc2cccc4c2c-3cc2ccc(N(c3ccccc3)c3ccc5c(c3)oc3ccccc35)cc24)cc1. The number of hydrogen-bond donors (Lipinski definition) is 0. The van der Waals surface area contributed by atoms with Gasteiger partial charge in [0.2, 0.25) is 0 Å². The van der Waals surface area contributed by atoms with Crippen LogP contribution in [0.3, 0.4) is 0 Å². The fourth-order valence-electron chi connectivity index (χ4n) is 8.69. The normalized spacial score (nSPS) is 12.2. The van der Waals surface area contributed by atoms with Gasteiger partial charge in [-0.05, 0) is 113 Å². The zero-order valence-electron chi connectivity index (χ0n) is 32.6. The molecule has 1 aliphatic rings. The number of anilines is 6. The first-order valence-electron chi connectivity index (χ1n) is 19.9. The van der Waals surface area contributed by atoms with Crippen molar-refractivity contribution in [3.05, 3.63) is 188 Å². The van der Waals surface area contributed by atoms with Gasteiger partial charge in [-0.3, -0.25) is 0 Å². The Labute approximate surface area is 338 Å². The maximum absolute atomic E-state index is 6.87. The highest BCUT2D eigenvalue weighted by Gasteiger charge is 2.25. The van der Waals surface area contributed by atoms with Crippen LogP contribution < -0.4 is 19.7 Å². The molecule has 9 aromatic carbocycles. The van der Waals surface area contributed by atoms with Crippen LogP contribution in [0.1, 0.15) is 0 Å². The largest absolute Gasteiger partial charge is 0.456 e. The molecule has 4 nitrogen and oxygen atoms in total. The van der Waals surface area contributed by atoms with E-state index in [0.29, 0.717) is 0 Å². The first kappa shape index (κ1) is 34.2. The number of hydrogen-bond acceptors (Lipinski definition) is 4. The van der Waals surface area contributed by atoms with Crippen LogP contribution in [-0.2, 0) is 0 Å². The summed E-state index contributed by atoms with van der Waals surface area (Å²) in [6, 6.07) is 67.3. The molecule has 0 spiro atoms. The van der Waals surface area contributed by atoms with Crippen molar-refractivity contribution in [2.75, 3.05) is 9.80 Å². The van der Waals surface area contributed by atoms with E-state index < -0.39 is 8.07 Å². The standard InChI is InChI=1S/C53H40N2O2Si/c1-58(2,3)42-27-23-38(24-28-42)54(36-13-6-4-7-14-36)40-26-30-45-48-31-35-21-22-39(32-47(35)46-18-12-20-50(53(46)48)57-52(45)33-40)55(37-15-8-5-9-16-37)41-25-29-44-43-17-10-11-19-49(43)56-51(44)34-41/h4-34H,1-3H3. The quantitative estimate of drug-likeness (QED) is 0.119. The second-order valence-electron chi connectivity index (χ2n) is 16.2. The molecule has 0 saturated carbocycles. The van der Waals surface area contributed by atoms with Crippen molar-refractivity contribution in [1.82, 2.24) is 0 Å². The third-order valence-electron chi connectivity index (χ3n) is 11.6. The minimum absolute atomic E-state index is 0.851. The molecule has 278 valence electrons. The molecule has 0 amide bonds. The number of nitrogens with zero attached hydrogens (tertiary/aromatic N) is 2. The van der Waals surface area contributed by atoms with E-state index in [2.05, 4.69) is 205 Å². The van der Waals surface area contributed by atoms with Gasteiger partial charge < -0.3 is 19.0 Å². The van der Waals surface area contributed by atoms with E-state index >= 15 is 0 Å². The van der Waals surface area contributed by atoms with E-state index in [4.69, 9.17) is 9.15 Å². The molecule has 0 atom stereocenters. The first-order chi connectivity index (χ1) is 28.4. The summed E-state index contributed by atoms with van der Waals surface area (Å²) in [5.74, 6) is 1.72. The highest BCUT2D eigenvalue weighted by molar-refractivity contribution is 6.88. The Hall–Kier alpha value is -7.08. The second-order valence-corrected chi connectivity index (χ2v) is 21.3. The van der Waals surface area contributed by atoms with Crippen LogP contribution in [0.25, 0.3) is 54.6 Å². The van der Waals surface area contributed by atoms with Crippen LogP contribution >= 0.6 is 0 Å². The van der Waals surface area contributed by atoms with Gasteiger partial charge in [-0.2, -0.15) is 0 Å². The fraction of sp³-hybridized carbons (Fsp3) is 0.0566. The molecule has 0 fully saturated rings. The van der Waals surface area contributed by atoms with Gasteiger partial charge in [0.05, 0.1) is 8.07 Å². The molecule has 0 bridgehead atoms. The molecule has 0 saturated heterocycles. The number of furan rings is 1. The highest BCUT2D eigenvalue weighted by Crippen LogP contribution is 2.51. The van der Waals surface area contributed by atoms with Crippen LogP contribution in [0.15, 0.2) is 192 Å². The lowest BCUT2D eigenvalue weighted by Gasteiger charge is -2.29. The van der Waals surface area contributed by atoms with E-state index in [-0.39, 0.29) is 0 Å². The van der Waals surface area contributed by atoms with Crippen LogP contribution in [0.4, 0.5) is 34.1 Å². The van der Waals surface area contributed by atoms with Crippen LogP contribution in [0.2, 0.25) is 19.6 Å². The minimum Gasteiger partial charge on any atom is -0.456 e. The van der Waals surface area contributed by atoms with Crippen molar-refractivity contribution in [2.45, 2.75) is 19.6 Å². The van der Waals surface area contributed by atoms with Crippen molar-refractivity contribution < 1.29 is 9.15 Å². The van der Waals surface area contributed by atoms with Gasteiger partial charge in [0, 0.05) is 68.0 Å². The van der Waals surface area contributed by atoms with Gasteiger partial charge in [-0.15, -0.1) is 0 Å². The summed E-state index contributed by atoms with van der Waals surface area (Å²) >= 11 is 0. The number of benzene rings is 9. The van der Waals surface area contributed by atoms with Gasteiger partial charge >= 0.3 is 0 Å². The Morgan fingerprint density at radius 2 is 0.966 bits per heavy atom. The lowest BCUT2D eigenvalue weighted by Crippen LogP contribution is -2.37. The maximum Gasteiger partial charge on any atom is 0.137 e. The van der Waals surface area contributed by atoms with Crippen LogP contribution in [0.5, 0.6) is 11.5 Å². The third-order valence-corrected chi connectivity index (χ3v) is 13.6. The summed E-state index contributed by atoms with van der Waals surface area (Å²) in [7, 11) is -1.44. The highest BCUT2D eigenvalue weighted by atomic mass is 28.3. The van der Waals surface area contributed by atoms with Crippen molar-refractivity contribution >= 4 is 90.9 Å². The van der Waals surface area contributed by atoms with Crippen molar-refractivity contribution in [3.8, 4) is 22.6 Å². The Morgan fingerprint density at radius 1 is 0.379 bits per heavy atom. The zero-order chi connectivity index (χ0) is 39.0. The van der Waals surface area contributed by atoms with Crippen molar-refractivity contribution in [2.24, 2.45) is 0 Å². The number of para-hydroxylation sites is 3. The smallest absolute Gasteiger partial charge is 0.137 e. The Morgan fingerprint density at radius 3 is 1.72 bits per heavy atom. The lowest BCUT2D eigenvalue weighted by molar-refractivity contribution is 0.487. The van der Waals surface area contributed by atoms with E-state index in [1.54, 1.807) is 0 Å². The van der Waals surface area contributed by atoms with Crippen molar-refractivity contribution in [3.63, 3.8) is 0 Å². The molecule has 1 aliphatic heterocycles. The van der Waals surface area contributed by atoms with Gasteiger partial charge in [0.25, 0.3) is 0 Å². The molecular formula is C53H40N2O2Si. The average molecular weight is 765 g/mol. The number of fused-ring (bicyclic) bond motifs is 7. The molecule has 1 aromatic heterocycles. The first-order valence-corrected chi connectivity index (χ1v) is 23.4. The van der Waals surface area contributed by atoms with Gasteiger partial charge in [0.1, 0.15) is 22.7 Å². The topological polar surface area (TPSA) is 28.9 Å². The molecule has 0 aliphatic carbocycles. The summed E-state index contributed by atoms with van der Waals surface area (Å²) in [4.78, 5) is 4.63. The molecule has 58 heavy (non-hydrogen) atoms. The van der Waals surface area contributed by atoms with E-state index in [1.807, 2.05) is 12.1 Å². The maximum atomic E-state index is 6.87. The molecule has 10 aromatic rings. The fourth-order valence-corrected chi connectivity index (χ4v) is 9.86. The number of ether oxygens (including phenoxy) is 1. The molecule has 5 heteroatoms. The van der Waals surface area contributed by atoms with Crippen molar-refractivity contribution in [1.29, 1.82) is 0 Å². The molecule has 0 radical (unpaired) electrons. The molecule has 0 unspecified atom stereocenters. The van der Waals surface area contributed by atoms with Crippen LogP contribution in [-0.4, -0.2) is 8.07 Å². The van der Waals surface area contributed by atoms with Gasteiger partial charge in [0.15, 0.2) is 0 Å². The molecule has 0 N–H and O–H groups in total.